The van der Waals surface area contributed by atoms with Crippen LogP contribution in [0.15, 0.2) is 46.2 Å². The van der Waals surface area contributed by atoms with E-state index in [0.29, 0.717) is 23.4 Å². The molecular formula is C15H13FN2OS. The Balaban J connectivity index is 1.95. The van der Waals surface area contributed by atoms with Gasteiger partial charge in [-0.05, 0) is 36.2 Å². The van der Waals surface area contributed by atoms with Gasteiger partial charge < -0.3 is 11.1 Å². The second-order valence-electron chi connectivity index (χ2n) is 4.63. The molecule has 2 aromatic carbocycles. The minimum Gasteiger partial charge on any atom is -0.398 e. The summed E-state index contributed by atoms with van der Waals surface area (Å²) in [5.74, 6) is -0.255. The molecule has 3 rings (SSSR count). The Hall–Kier alpha value is -2.01. The number of halogens is 1. The van der Waals surface area contributed by atoms with E-state index < -0.39 is 0 Å². The Morgan fingerprint density at radius 2 is 1.95 bits per heavy atom. The minimum atomic E-state index is -0.261. The van der Waals surface area contributed by atoms with Crippen LogP contribution in [-0.2, 0) is 11.2 Å². The number of nitrogen functional groups attached to an aromatic ring is 1. The van der Waals surface area contributed by atoms with Gasteiger partial charge in [-0.2, -0.15) is 0 Å². The van der Waals surface area contributed by atoms with Crippen molar-refractivity contribution in [3.05, 3.63) is 47.8 Å². The van der Waals surface area contributed by atoms with Crippen LogP contribution in [0, 0.1) is 5.82 Å². The number of fused-ring (bicyclic) bond motifs is 1. The van der Waals surface area contributed by atoms with Crippen molar-refractivity contribution in [2.45, 2.75) is 22.6 Å². The third-order valence-electron chi connectivity index (χ3n) is 3.19. The van der Waals surface area contributed by atoms with Crippen LogP contribution in [-0.4, -0.2) is 5.91 Å². The van der Waals surface area contributed by atoms with Gasteiger partial charge in [-0.25, -0.2) is 4.39 Å². The summed E-state index contributed by atoms with van der Waals surface area (Å²) in [5.41, 5.74) is 8.33. The van der Waals surface area contributed by atoms with E-state index in [-0.39, 0.29) is 11.7 Å². The average molecular weight is 288 g/mol. The number of nitrogens with one attached hydrogen (secondary N) is 1. The summed E-state index contributed by atoms with van der Waals surface area (Å²) < 4.78 is 13.7. The number of benzene rings is 2. The van der Waals surface area contributed by atoms with Crippen molar-refractivity contribution in [1.29, 1.82) is 0 Å². The lowest BCUT2D eigenvalue weighted by atomic mass is 10.0. The minimum absolute atomic E-state index is 0.00593. The van der Waals surface area contributed by atoms with Crippen molar-refractivity contribution in [2.75, 3.05) is 11.1 Å². The number of hydrogen-bond acceptors (Lipinski definition) is 3. The van der Waals surface area contributed by atoms with Gasteiger partial charge in [-0.3, -0.25) is 4.79 Å². The summed E-state index contributed by atoms with van der Waals surface area (Å²) in [6.45, 7) is 0. The number of aryl methyl sites for hydroxylation is 1. The van der Waals surface area contributed by atoms with Gasteiger partial charge in [0.1, 0.15) is 5.82 Å². The van der Waals surface area contributed by atoms with Gasteiger partial charge in [-0.15, -0.1) is 0 Å². The maximum Gasteiger partial charge on any atom is 0.224 e. The molecule has 3 nitrogen and oxygen atoms in total. The van der Waals surface area contributed by atoms with Gasteiger partial charge in [0.25, 0.3) is 0 Å². The van der Waals surface area contributed by atoms with Crippen LogP contribution in [0.5, 0.6) is 0 Å². The first-order valence-corrected chi connectivity index (χ1v) is 7.10. The average Bonchev–Trinajstić information content (AvgIpc) is 2.42. The van der Waals surface area contributed by atoms with Crippen molar-refractivity contribution in [3.63, 3.8) is 0 Å². The number of amides is 1. The van der Waals surface area contributed by atoms with Gasteiger partial charge in [0.05, 0.1) is 0 Å². The van der Waals surface area contributed by atoms with Gasteiger partial charge in [0, 0.05) is 27.6 Å². The van der Waals surface area contributed by atoms with Gasteiger partial charge in [0.2, 0.25) is 5.91 Å². The number of rotatable bonds is 2. The smallest absolute Gasteiger partial charge is 0.224 e. The third kappa shape index (κ3) is 2.49. The third-order valence-corrected chi connectivity index (χ3v) is 4.31. The monoisotopic (exact) mass is 288 g/mol. The van der Waals surface area contributed by atoms with Crippen LogP contribution >= 0.6 is 11.8 Å². The second-order valence-corrected chi connectivity index (χ2v) is 5.71. The first-order valence-electron chi connectivity index (χ1n) is 6.28. The molecule has 0 fully saturated rings. The molecule has 5 heteroatoms. The lowest BCUT2D eigenvalue weighted by Gasteiger charge is -2.19. The Morgan fingerprint density at radius 3 is 2.75 bits per heavy atom. The highest BCUT2D eigenvalue weighted by Gasteiger charge is 2.17. The Bertz CT molecular complexity index is 688. The predicted octanol–water partition coefficient (Wildman–Crippen LogP) is 3.44. The molecule has 20 heavy (non-hydrogen) atoms. The van der Waals surface area contributed by atoms with Crippen molar-refractivity contribution in [1.82, 2.24) is 0 Å². The molecule has 2 aromatic rings. The van der Waals surface area contributed by atoms with Crippen molar-refractivity contribution in [3.8, 4) is 0 Å². The van der Waals surface area contributed by atoms with Gasteiger partial charge >= 0.3 is 0 Å². The summed E-state index contributed by atoms with van der Waals surface area (Å²) in [7, 11) is 0. The molecule has 0 saturated carbocycles. The maximum absolute atomic E-state index is 13.7. The molecule has 3 N–H and O–H groups in total. The highest BCUT2D eigenvalue weighted by atomic mass is 32.2. The first kappa shape index (κ1) is 13.0. The number of anilines is 2. The van der Waals surface area contributed by atoms with E-state index in [0.717, 1.165) is 16.1 Å². The molecule has 0 bridgehead atoms. The molecule has 1 heterocycles. The molecule has 0 spiro atoms. The van der Waals surface area contributed by atoms with E-state index in [4.69, 9.17) is 5.73 Å². The molecule has 0 saturated heterocycles. The van der Waals surface area contributed by atoms with Crippen LogP contribution in [0.4, 0.5) is 15.8 Å². The molecule has 1 amide bonds. The van der Waals surface area contributed by atoms with Gasteiger partial charge in [-0.1, -0.05) is 23.9 Å². The molecule has 0 radical (unpaired) electrons. The van der Waals surface area contributed by atoms with Crippen LogP contribution in [0.1, 0.15) is 12.0 Å². The normalized spacial score (nSPS) is 13.8. The Kier molecular flexibility index (Phi) is 3.36. The topological polar surface area (TPSA) is 55.1 Å². The highest BCUT2D eigenvalue weighted by molar-refractivity contribution is 7.99. The lowest BCUT2D eigenvalue weighted by Crippen LogP contribution is -2.19. The maximum atomic E-state index is 13.7. The van der Waals surface area contributed by atoms with E-state index in [2.05, 4.69) is 5.32 Å². The number of carbonyl (C=O) groups excluding carboxylic acids is 1. The summed E-state index contributed by atoms with van der Waals surface area (Å²) >= 11 is 1.30. The Morgan fingerprint density at radius 1 is 1.15 bits per heavy atom. The van der Waals surface area contributed by atoms with Crippen LogP contribution < -0.4 is 11.1 Å². The molecule has 0 unspecified atom stereocenters. The highest BCUT2D eigenvalue weighted by Crippen LogP contribution is 2.37. The largest absolute Gasteiger partial charge is 0.398 e. The fraction of sp³-hybridized carbons (Fsp3) is 0.133. The SMILES string of the molecule is Nc1cc2c(cc1Sc1ccccc1F)CCC(=O)N2. The molecule has 0 aliphatic carbocycles. The molecule has 1 aliphatic rings. The predicted molar refractivity (Wildman–Crippen MR) is 78.3 cm³/mol. The molecule has 0 atom stereocenters. The summed E-state index contributed by atoms with van der Waals surface area (Å²) in [6, 6.07) is 10.3. The van der Waals surface area contributed by atoms with E-state index in [1.807, 2.05) is 6.07 Å². The zero-order valence-corrected chi connectivity index (χ0v) is 11.5. The molecule has 102 valence electrons. The second kappa shape index (κ2) is 5.17. The first-order chi connectivity index (χ1) is 9.63. The zero-order chi connectivity index (χ0) is 14.1. The molecular weight excluding hydrogens is 275 g/mol. The Labute approximate surface area is 120 Å². The van der Waals surface area contributed by atoms with E-state index in [1.54, 1.807) is 24.3 Å². The summed E-state index contributed by atoms with van der Waals surface area (Å²) in [6.07, 6.45) is 1.16. The van der Waals surface area contributed by atoms with Crippen molar-refractivity contribution in [2.24, 2.45) is 0 Å². The van der Waals surface area contributed by atoms with Crippen LogP contribution in [0.3, 0.4) is 0 Å². The quantitative estimate of drug-likeness (QED) is 0.832. The number of nitrogens with two attached hydrogens (primary N) is 1. The van der Waals surface area contributed by atoms with Gasteiger partial charge in [0.15, 0.2) is 0 Å². The lowest BCUT2D eigenvalue weighted by molar-refractivity contribution is -0.116. The van der Waals surface area contributed by atoms with Crippen LogP contribution in [0.25, 0.3) is 0 Å². The van der Waals surface area contributed by atoms with Crippen LogP contribution in [0.2, 0.25) is 0 Å². The number of hydrogen-bond donors (Lipinski definition) is 2. The van der Waals surface area contributed by atoms with Crippen molar-refractivity contribution >= 4 is 29.0 Å². The molecule has 1 aliphatic heterocycles. The van der Waals surface area contributed by atoms with E-state index in [9.17, 15) is 9.18 Å². The van der Waals surface area contributed by atoms with Crippen molar-refractivity contribution < 1.29 is 9.18 Å². The zero-order valence-electron chi connectivity index (χ0n) is 10.7. The summed E-state index contributed by atoms with van der Waals surface area (Å²) in [5, 5.41) is 2.80. The van der Waals surface area contributed by atoms with E-state index in [1.165, 1.54) is 17.8 Å². The fourth-order valence-corrected chi connectivity index (χ4v) is 3.08. The fourth-order valence-electron chi connectivity index (χ4n) is 2.16. The molecule has 0 aromatic heterocycles. The number of carbonyl (C=O) groups is 1. The standard InChI is InChI=1S/C15H13FN2OS/c16-10-3-1-2-4-13(10)20-14-7-9-5-6-15(19)18-12(9)8-11(14)17/h1-4,7-8H,5-6,17H2,(H,18,19). The summed E-state index contributed by atoms with van der Waals surface area (Å²) in [4.78, 5) is 12.7. The van der Waals surface area contributed by atoms with E-state index >= 15 is 0 Å².